The fraction of sp³-hybridized carbons (Fsp3) is 0.647. The lowest BCUT2D eigenvalue weighted by atomic mass is 9.74. The average Bonchev–Trinajstić information content (AvgIpc) is 3.03. The molecular formula is C17H20O2. The van der Waals surface area contributed by atoms with E-state index in [9.17, 15) is 9.59 Å². The van der Waals surface area contributed by atoms with Gasteiger partial charge in [0.25, 0.3) is 0 Å². The molecule has 0 aromatic heterocycles. The van der Waals surface area contributed by atoms with Gasteiger partial charge in [-0.05, 0) is 42.9 Å². The predicted molar refractivity (Wildman–Crippen MR) is 72.2 cm³/mol. The third kappa shape index (κ3) is 1.14. The van der Waals surface area contributed by atoms with Crippen LogP contribution in [0.15, 0.2) is 25.3 Å². The van der Waals surface area contributed by atoms with E-state index in [1.807, 2.05) is 12.2 Å². The van der Waals surface area contributed by atoms with Gasteiger partial charge in [0.1, 0.15) is 11.6 Å². The van der Waals surface area contributed by atoms with Crippen LogP contribution in [0.1, 0.15) is 19.3 Å². The van der Waals surface area contributed by atoms with Crippen molar-refractivity contribution in [2.75, 3.05) is 0 Å². The smallest absolute Gasteiger partial charge is 0.140 e. The molecule has 6 unspecified atom stereocenters. The molecule has 0 heterocycles. The Morgan fingerprint density at radius 1 is 0.895 bits per heavy atom. The summed E-state index contributed by atoms with van der Waals surface area (Å²) >= 11 is 0. The van der Waals surface area contributed by atoms with Crippen LogP contribution >= 0.6 is 0 Å². The topological polar surface area (TPSA) is 34.1 Å². The van der Waals surface area contributed by atoms with Gasteiger partial charge in [-0.1, -0.05) is 12.2 Å². The number of carbonyl (C=O) groups excluding carboxylic acids is 2. The molecule has 0 spiro atoms. The molecule has 4 aliphatic carbocycles. The van der Waals surface area contributed by atoms with E-state index in [0.717, 1.165) is 19.3 Å². The third-order valence-electron chi connectivity index (χ3n) is 6.45. The van der Waals surface area contributed by atoms with Crippen molar-refractivity contribution in [1.29, 1.82) is 0 Å². The lowest BCUT2D eigenvalue weighted by Crippen LogP contribution is -2.28. The Morgan fingerprint density at radius 3 is 1.68 bits per heavy atom. The number of ketones is 2. The first-order valence-electron chi connectivity index (χ1n) is 7.50. The first-order valence-corrected chi connectivity index (χ1v) is 7.50. The molecule has 2 heteroatoms. The summed E-state index contributed by atoms with van der Waals surface area (Å²) in [5.41, 5.74) is 0. The van der Waals surface area contributed by atoms with Gasteiger partial charge in [-0.2, -0.15) is 0 Å². The van der Waals surface area contributed by atoms with Crippen molar-refractivity contribution < 1.29 is 9.59 Å². The second-order valence-corrected chi connectivity index (χ2v) is 6.84. The molecule has 0 aromatic rings. The molecule has 0 N–H and O–H groups in total. The van der Waals surface area contributed by atoms with E-state index in [2.05, 4.69) is 13.2 Å². The maximum Gasteiger partial charge on any atom is 0.140 e. The molecule has 4 saturated carbocycles. The summed E-state index contributed by atoms with van der Waals surface area (Å²) in [6.07, 6.45) is 6.52. The second kappa shape index (κ2) is 3.68. The van der Waals surface area contributed by atoms with Crippen molar-refractivity contribution >= 4 is 11.6 Å². The van der Waals surface area contributed by atoms with E-state index in [1.165, 1.54) is 0 Å². The molecule has 4 aliphatic rings. The highest BCUT2D eigenvalue weighted by molar-refractivity contribution is 5.98. The number of fused-ring (bicyclic) bond motifs is 2. The van der Waals surface area contributed by atoms with E-state index < -0.39 is 0 Å². The van der Waals surface area contributed by atoms with Crippen LogP contribution in [0.4, 0.5) is 0 Å². The summed E-state index contributed by atoms with van der Waals surface area (Å²) in [4.78, 5) is 25.2. The standard InChI is InChI=1S/C17H20O2/c1-3-5-8-12-10-7-11-13(12)9(6-4-2)17(19)15(11)14(10)16(8)18/h3-4,8-15H,1-2,5-7H2/t8?,9?,10-,11+,12?,13?,14?,15?. The van der Waals surface area contributed by atoms with Gasteiger partial charge in [-0.25, -0.2) is 0 Å². The predicted octanol–water partition coefficient (Wildman–Crippen LogP) is 2.65. The van der Waals surface area contributed by atoms with Crippen molar-refractivity contribution in [2.45, 2.75) is 19.3 Å². The lowest BCUT2D eigenvalue weighted by Gasteiger charge is -2.28. The van der Waals surface area contributed by atoms with Crippen molar-refractivity contribution in [3.63, 3.8) is 0 Å². The quantitative estimate of drug-likeness (QED) is 0.725. The summed E-state index contributed by atoms with van der Waals surface area (Å²) in [5.74, 6) is 3.18. The Hall–Kier alpha value is -1.18. The normalized spacial score (nSPS) is 53.1. The van der Waals surface area contributed by atoms with E-state index in [-0.39, 0.29) is 23.7 Å². The zero-order chi connectivity index (χ0) is 13.3. The van der Waals surface area contributed by atoms with Gasteiger partial charge in [0.15, 0.2) is 0 Å². The van der Waals surface area contributed by atoms with Gasteiger partial charge in [-0.3, -0.25) is 9.59 Å². The number of carbonyl (C=O) groups is 2. The number of hydrogen-bond acceptors (Lipinski definition) is 2. The van der Waals surface area contributed by atoms with Gasteiger partial charge in [0, 0.05) is 23.7 Å². The maximum absolute atomic E-state index is 12.6. The Balaban J connectivity index is 1.78. The molecule has 0 saturated heterocycles. The highest BCUT2D eigenvalue weighted by Gasteiger charge is 2.74. The van der Waals surface area contributed by atoms with E-state index in [0.29, 0.717) is 35.2 Å². The number of allylic oxidation sites excluding steroid dienone is 2. The molecule has 0 aromatic carbocycles. The van der Waals surface area contributed by atoms with Gasteiger partial charge in [0.05, 0.1) is 0 Å². The fourth-order valence-corrected chi connectivity index (χ4v) is 6.19. The van der Waals surface area contributed by atoms with Crippen LogP contribution in [0.5, 0.6) is 0 Å². The molecule has 4 rings (SSSR count). The zero-order valence-corrected chi connectivity index (χ0v) is 11.1. The molecule has 2 nitrogen and oxygen atoms in total. The fourth-order valence-electron chi connectivity index (χ4n) is 6.19. The first-order chi connectivity index (χ1) is 9.20. The maximum atomic E-state index is 12.6. The van der Waals surface area contributed by atoms with Crippen LogP contribution in [0.25, 0.3) is 0 Å². The Kier molecular flexibility index (Phi) is 2.25. The molecule has 4 fully saturated rings. The van der Waals surface area contributed by atoms with E-state index >= 15 is 0 Å². The highest BCUT2D eigenvalue weighted by Crippen LogP contribution is 2.72. The summed E-state index contributed by atoms with van der Waals surface area (Å²) in [6, 6.07) is 0. The Morgan fingerprint density at radius 2 is 1.32 bits per heavy atom. The van der Waals surface area contributed by atoms with Crippen molar-refractivity contribution in [3.8, 4) is 0 Å². The van der Waals surface area contributed by atoms with Gasteiger partial charge in [-0.15, -0.1) is 13.2 Å². The van der Waals surface area contributed by atoms with Crippen LogP contribution in [0.3, 0.4) is 0 Å². The average molecular weight is 256 g/mol. The van der Waals surface area contributed by atoms with Crippen molar-refractivity contribution in [1.82, 2.24) is 0 Å². The first kappa shape index (κ1) is 11.6. The molecule has 0 aliphatic heterocycles. The monoisotopic (exact) mass is 256 g/mol. The minimum absolute atomic E-state index is 0.0681. The number of hydrogen-bond donors (Lipinski definition) is 0. The van der Waals surface area contributed by atoms with E-state index in [1.54, 1.807) is 0 Å². The lowest BCUT2D eigenvalue weighted by molar-refractivity contribution is -0.132. The Labute approximate surface area is 113 Å². The zero-order valence-electron chi connectivity index (χ0n) is 11.1. The van der Waals surface area contributed by atoms with Crippen LogP contribution < -0.4 is 0 Å². The highest BCUT2D eigenvalue weighted by atomic mass is 16.1. The van der Waals surface area contributed by atoms with Crippen LogP contribution in [0, 0.1) is 47.3 Å². The largest absolute Gasteiger partial charge is 0.299 e. The number of Topliss-reactive ketones (excluding diaryl/α,β-unsaturated/α-hetero) is 2. The molecule has 2 bridgehead atoms. The minimum Gasteiger partial charge on any atom is -0.299 e. The molecule has 8 atom stereocenters. The molecule has 19 heavy (non-hydrogen) atoms. The summed E-state index contributed by atoms with van der Waals surface area (Å²) in [7, 11) is 0. The summed E-state index contributed by atoms with van der Waals surface area (Å²) in [6.45, 7) is 7.62. The van der Waals surface area contributed by atoms with Crippen LogP contribution in [0.2, 0.25) is 0 Å². The van der Waals surface area contributed by atoms with Gasteiger partial charge < -0.3 is 0 Å². The Bertz CT molecular complexity index is 447. The second-order valence-electron chi connectivity index (χ2n) is 6.84. The summed E-state index contributed by atoms with van der Waals surface area (Å²) < 4.78 is 0. The van der Waals surface area contributed by atoms with Crippen LogP contribution in [-0.4, -0.2) is 11.6 Å². The summed E-state index contributed by atoms with van der Waals surface area (Å²) in [5, 5.41) is 0. The van der Waals surface area contributed by atoms with Gasteiger partial charge >= 0.3 is 0 Å². The molecule has 100 valence electrons. The third-order valence-corrected chi connectivity index (χ3v) is 6.45. The van der Waals surface area contributed by atoms with Gasteiger partial charge in [0.2, 0.25) is 0 Å². The van der Waals surface area contributed by atoms with E-state index in [4.69, 9.17) is 0 Å². The van der Waals surface area contributed by atoms with Crippen molar-refractivity contribution in [3.05, 3.63) is 25.3 Å². The van der Waals surface area contributed by atoms with Crippen LogP contribution in [-0.2, 0) is 9.59 Å². The molecule has 0 radical (unpaired) electrons. The van der Waals surface area contributed by atoms with Crippen molar-refractivity contribution in [2.24, 2.45) is 47.3 Å². The molecule has 0 amide bonds. The SMILES string of the molecule is C=CCC1C(=O)C2C3C(=O)C(CC=C)C4C1[C@@H]2C[C@@H]34. The number of rotatable bonds is 4. The molecular weight excluding hydrogens is 236 g/mol. The minimum atomic E-state index is 0.0681.